The minimum absolute atomic E-state index is 0.0336. The summed E-state index contributed by atoms with van der Waals surface area (Å²) in [6.07, 6.45) is 6.01. The third-order valence-corrected chi connectivity index (χ3v) is 1.72. The molecule has 1 aromatic rings. The van der Waals surface area contributed by atoms with Gasteiger partial charge in [0.2, 0.25) is 0 Å². The summed E-state index contributed by atoms with van der Waals surface area (Å²) < 4.78 is 5.00. The average molecular weight is 151 g/mol. The van der Waals surface area contributed by atoms with Crippen LogP contribution in [0.25, 0.3) is 0 Å². The molecular weight excluding hydrogens is 138 g/mol. The summed E-state index contributed by atoms with van der Waals surface area (Å²) in [6, 6.07) is 0.0336. The molecule has 0 fully saturated rings. The molecule has 2 N–H and O–H groups in total. The Labute approximate surface area is 66.7 Å². The first-order chi connectivity index (χ1) is 5.25. The number of hydrogen-bond acceptors (Lipinski definition) is 2. The Morgan fingerprint density at radius 1 is 1.73 bits per heavy atom. The highest BCUT2D eigenvalue weighted by Gasteiger charge is 2.08. The maximum Gasteiger partial charge on any atom is 0.0953 e. The van der Waals surface area contributed by atoms with Crippen LogP contribution in [0.1, 0.15) is 23.6 Å². The lowest BCUT2D eigenvalue weighted by molar-refractivity contribution is 0.558. The second-order valence-electron chi connectivity index (χ2n) is 2.64. The first-order valence-corrected chi connectivity index (χ1v) is 3.65. The summed E-state index contributed by atoms with van der Waals surface area (Å²) >= 11 is 0. The highest BCUT2D eigenvalue weighted by Crippen LogP contribution is 2.18. The standard InChI is InChI=1S/C9H13NO/c1-3-4-9(10)8-6-11-5-7(8)2/h3,5-6,9H,1,4,10H2,2H3. The van der Waals surface area contributed by atoms with Crippen LogP contribution in [-0.4, -0.2) is 0 Å². The van der Waals surface area contributed by atoms with Crippen LogP contribution in [0, 0.1) is 6.92 Å². The van der Waals surface area contributed by atoms with E-state index in [1.807, 2.05) is 13.0 Å². The molecule has 0 saturated heterocycles. The lowest BCUT2D eigenvalue weighted by Gasteiger charge is -2.05. The van der Waals surface area contributed by atoms with E-state index in [-0.39, 0.29) is 6.04 Å². The maximum atomic E-state index is 5.82. The summed E-state index contributed by atoms with van der Waals surface area (Å²) in [5.41, 5.74) is 8.00. The largest absolute Gasteiger partial charge is 0.472 e. The zero-order valence-electron chi connectivity index (χ0n) is 6.71. The van der Waals surface area contributed by atoms with Gasteiger partial charge in [0.1, 0.15) is 0 Å². The van der Waals surface area contributed by atoms with Crippen LogP contribution in [-0.2, 0) is 0 Å². The first kappa shape index (κ1) is 8.08. The molecule has 1 aromatic heterocycles. The fourth-order valence-corrected chi connectivity index (χ4v) is 1.06. The van der Waals surface area contributed by atoms with Gasteiger partial charge >= 0.3 is 0 Å². The molecule has 0 aliphatic carbocycles. The third kappa shape index (κ3) is 1.71. The van der Waals surface area contributed by atoms with Crippen molar-refractivity contribution in [2.24, 2.45) is 5.73 Å². The van der Waals surface area contributed by atoms with E-state index in [0.717, 1.165) is 17.5 Å². The lowest BCUT2D eigenvalue weighted by atomic mass is 10.1. The van der Waals surface area contributed by atoms with Crippen LogP contribution in [0.4, 0.5) is 0 Å². The molecule has 2 heteroatoms. The second-order valence-corrected chi connectivity index (χ2v) is 2.64. The first-order valence-electron chi connectivity index (χ1n) is 3.65. The Kier molecular flexibility index (Phi) is 2.49. The van der Waals surface area contributed by atoms with Crippen LogP contribution >= 0.6 is 0 Å². The predicted molar refractivity (Wildman–Crippen MR) is 45.2 cm³/mol. The quantitative estimate of drug-likeness (QED) is 0.672. The van der Waals surface area contributed by atoms with E-state index in [1.165, 1.54) is 0 Å². The summed E-state index contributed by atoms with van der Waals surface area (Å²) in [5.74, 6) is 0. The minimum Gasteiger partial charge on any atom is -0.472 e. The summed E-state index contributed by atoms with van der Waals surface area (Å²) in [4.78, 5) is 0. The van der Waals surface area contributed by atoms with Gasteiger partial charge in [-0.05, 0) is 18.9 Å². The van der Waals surface area contributed by atoms with Crippen LogP contribution in [0.2, 0.25) is 0 Å². The van der Waals surface area contributed by atoms with Crippen molar-refractivity contribution in [1.82, 2.24) is 0 Å². The Balaban J connectivity index is 2.74. The SMILES string of the molecule is C=CCC(N)c1cocc1C. The monoisotopic (exact) mass is 151 g/mol. The minimum atomic E-state index is 0.0336. The molecule has 0 aliphatic rings. The van der Waals surface area contributed by atoms with Crippen molar-refractivity contribution in [3.8, 4) is 0 Å². The fraction of sp³-hybridized carbons (Fsp3) is 0.333. The van der Waals surface area contributed by atoms with Gasteiger partial charge in [-0.1, -0.05) is 6.08 Å². The van der Waals surface area contributed by atoms with Crippen LogP contribution in [0.5, 0.6) is 0 Å². The van der Waals surface area contributed by atoms with Gasteiger partial charge in [-0.15, -0.1) is 6.58 Å². The molecule has 2 nitrogen and oxygen atoms in total. The normalized spacial score (nSPS) is 12.9. The highest BCUT2D eigenvalue weighted by atomic mass is 16.3. The Bertz CT molecular complexity index is 239. The molecule has 1 heterocycles. The zero-order chi connectivity index (χ0) is 8.27. The molecule has 1 unspecified atom stereocenters. The molecule has 0 bridgehead atoms. The smallest absolute Gasteiger partial charge is 0.0953 e. The van der Waals surface area contributed by atoms with Gasteiger partial charge in [0, 0.05) is 11.6 Å². The van der Waals surface area contributed by atoms with Gasteiger partial charge < -0.3 is 10.2 Å². The molecule has 0 saturated carbocycles. The van der Waals surface area contributed by atoms with Crippen molar-refractivity contribution < 1.29 is 4.42 Å². The zero-order valence-corrected chi connectivity index (χ0v) is 6.71. The Morgan fingerprint density at radius 3 is 2.91 bits per heavy atom. The lowest BCUT2D eigenvalue weighted by Crippen LogP contribution is -2.08. The number of aryl methyl sites for hydroxylation is 1. The van der Waals surface area contributed by atoms with Gasteiger partial charge in [0.25, 0.3) is 0 Å². The van der Waals surface area contributed by atoms with Gasteiger partial charge in [-0.25, -0.2) is 0 Å². The average Bonchev–Trinajstić information content (AvgIpc) is 2.36. The molecule has 11 heavy (non-hydrogen) atoms. The van der Waals surface area contributed by atoms with Crippen molar-refractivity contribution in [1.29, 1.82) is 0 Å². The van der Waals surface area contributed by atoms with E-state index >= 15 is 0 Å². The molecule has 60 valence electrons. The van der Waals surface area contributed by atoms with Crippen molar-refractivity contribution >= 4 is 0 Å². The topological polar surface area (TPSA) is 39.2 Å². The van der Waals surface area contributed by atoms with Crippen molar-refractivity contribution in [2.75, 3.05) is 0 Å². The van der Waals surface area contributed by atoms with Gasteiger partial charge in [0.05, 0.1) is 12.5 Å². The second kappa shape index (κ2) is 3.39. The number of hydrogen-bond donors (Lipinski definition) is 1. The molecule has 0 spiro atoms. The van der Waals surface area contributed by atoms with Gasteiger partial charge in [0.15, 0.2) is 0 Å². The van der Waals surface area contributed by atoms with E-state index in [0.29, 0.717) is 0 Å². The Hall–Kier alpha value is -1.02. The van der Waals surface area contributed by atoms with Crippen molar-refractivity contribution in [2.45, 2.75) is 19.4 Å². The van der Waals surface area contributed by atoms with Crippen LogP contribution in [0.3, 0.4) is 0 Å². The van der Waals surface area contributed by atoms with E-state index in [1.54, 1.807) is 12.5 Å². The maximum absolute atomic E-state index is 5.82. The molecule has 0 amide bonds. The van der Waals surface area contributed by atoms with E-state index in [2.05, 4.69) is 6.58 Å². The summed E-state index contributed by atoms with van der Waals surface area (Å²) in [7, 11) is 0. The predicted octanol–water partition coefficient (Wildman–Crippen LogP) is 2.16. The van der Waals surface area contributed by atoms with E-state index in [4.69, 9.17) is 10.2 Å². The molecular formula is C9H13NO. The van der Waals surface area contributed by atoms with Gasteiger partial charge in [-0.2, -0.15) is 0 Å². The van der Waals surface area contributed by atoms with E-state index < -0.39 is 0 Å². The fourth-order valence-electron chi connectivity index (χ4n) is 1.06. The molecule has 0 aromatic carbocycles. The van der Waals surface area contributed by atoms with Crippen LogP contribution < -0.4 is 5.73 Å². The number of rotatable bonds is 3. The van der Waals surface area contributed by atoms with Crippen LogP contribution in [0.15, 0.2) is 29.6 Å². The van der Waals surface area contributed by atoms with Crippen molar-refractivity contribution in [3.63, 3.8) is 0 Å². The van der Waals surface area contributed by atoms with Crippen molar-refractivity contribution in [3.05, 3.63) is 36.3 Å². The molecule has 1 atom stereocenters. The molecule has 0 aliphatic heterocycles. The molecule has 1 rings (SSSR count). The van der Waals surface area contributed by atoms with E-state index in [9.17, 15) is 0 Å². The number of furan rings is 1. The highest BCUT2D eigenvalue weighted by molar-refractivity contribution is 5.22. The number of nitrogens with two attached hydrogens (primary N) is 1. The summed E-state index contributed by atoms with van der Waals surface area (Å²) in [6.45, 7) is 5.62. The summed E-state index contributed by atoms with van der Waals surface area (Å²) in [5, 5.41) is 0. The third-order valence-electron chi connectivity index (χ3n) is 1.72. The van der Waals surface area contributed by atoms with Gasteiger partial charge in [-0.3, -0.25) is 0 Å². The Morgan fingerprint density at radius 2 is 2.45 bits per heavy atom. The molecule has 0 radical (unpaired) electrons.